The molecule has 2 atom stereocenters. The van der Waals surface area contributed by atoms with Crippen LogP contribution in [0.25, 0.3) is 5.76 Å². The van der Waals surface area contributed by atoms with Crippen molar-refractivity contribution >= 4 is 40.7 Å². The second-order valence-electron chi connectivity index (χ2n) is 7.11. The van der Waals surface area contributed by atoms with Gasteiger partial charge in [0.25, 0.3) is 11.7 Å². The Hall–Kier alpha value is -2.34. The van der Waals surface area contributed by atoms with Crippen LogP contribution in [-0.4, -0.2) is 41.0 Å². The minimum absolute atomic E-state index is 0.0171. The van der Waals surface area contributed by atoms with Gasteiger partial charge in [-0.05, 0) is 48.7 Å². The molecule has 1 amide bonds. The zero-order valence-electron chi connectivity index (χ0n) is 15.5. The van der Waals surface area contributed by atoms with Crippen molar-refractivity contribution in [3.63, 3.8) is 0 Å². The van der Waals surface area contributed by atoms with Gasteiger partial charge in [0.2, 0.25) is 0 Å². The van der Waals surface area contributed by atoms with Crippen LogP contribution in [0.2, 0.25) is 10.0 Å². The Kier molecular flexibility index (Phi) is 5.63. The van der Waals surface area contributed by atoms with E-state index >= 15 is 0 Å². The Balaban J connectivity index is 1.84. The van der Waals surface area contributed by atoms with E-state index in [1.807, 2.05) is 0 Å². The number of ketones is 1. The van der Waals surface area contributed by atoms with Crippen molar-refractivity contribution in [3.8, 4) is 0 Å². The predicted molar refractivity (Wildman–Crippen MR) is 111 cm³/mol. The molecule has 2 heterocycles. The molecule has 2 saturated heterocycles. The van der Waals surface area contributed by atoms with E-state index in [0.29, 0.717) is 27.8 Å². The van der Waals surface area contributed by atoms with Crippen molar-refractivity contribution in [1.82, 2.24) is 4.90 Å². The number of aliphatic hydroxyl groups excluding tert-OH is 1. The minimum atomic E-state index is -0.788. The number of carbonyl (C=O) groups is 2. The number of hydrogen-bond acceptors (Lipinski definition) is 4. The second-order valence-corrected chi connectivity index (χ2v) is 7.96. The number of halogens is 2. The molecule has 0 unspecified atom stereocenters. The van der Waals surface area contributed by atoms with E-state index in [2.05, 4.69) is 0 Å². The topological polar surface area (TPSA) is 66.8 Å². The molecule has 0 aliphatic carbocycles. The molecule has 2 aliphatic rings. The molecule has 0 spiro atoms. The lowest BCUT2D eigenvalue weighted by Crippen LogP contribution is -2.36. The van der Waals surface area contributed by atoms with E-state index in [4.69, 9.17) is 27.9 Å². The normalized spacial score (nSPS) is 23.7. The fourth-order valence-corrected chi connectivity index (χ4v) is 4.22. The predicted octanol–water partition coefficient (Wildman–Crippen LogP) is 4.59. The van der Waals surface area contributed by atoms with Crippen LogP contribution in [0, 0.1) is 0 Å². The van der Waals surface area contributed by atoms with Crippen LogP contribution in [0.3, 0.4) is 0 Å². The number of nitrogens with zero attached hydrogens (tertiary/aromatic N) is 1. The van der Waals surface area contributed by atoms with Gasteiger partial charge in [-0.15, -0.1) is 0 Å². The summed E-state index contributed by atoms with van der Waals surface area (Å²) in [7, 11) is 0. The van der Waals surface area contributed by atoms with Gasteiger partial charge in [0, 0.05) is 28.8 Å². The molecular formula is C22H19Cl2NO4. The van der Waals surface area contributed by atoms with Crippen LogP contribution in [0.5, 0.6) is 0 Å². The van der Waals surface area contributed by atoms with Crippen LogP contribution in [-0.2, 0) is 14.3 Å². The number of aliphatic hydroxyl groups is 1. The van der Waals surface area contributed by atoms with Gasteiger partial charge in [-0.3, -0.25) is 9.59 Å². The van der Waals surface area contributed by atoms with E-state index in [-0.39, 0.29) is 24.0 Å². The molecule has 2 aromatic rings. The maximum absolute atomic E-state index is 12.9. The third kappa shape index (κ3) is 3.78. The lowest BCUT2D eigenvalue weighted by Gasteiger charge is -2.28. The maximum Gasteiger partial charge on any atom is 0.295 e. The summed E-state index contributed by atoms with van der Waals surface area (Å²) in [5, 5.41) is 11.9. The molecule has 5 nitrogen and oxygen atoms in total. The van der Waals surface area contributed by atoms with E-state index in [1.54, 1.807) is 48.5 Å². The van der Waals surface area contributed by atoms with Crippen molar-refractivity contribution in [2.75, 3.05) is 13.2 Å². The molecular weight excluding hydrogens is 413 g/mol. The number of rotatable bonds is 4. The second kappa shape index (κ2) is 8.19. The van der Waals surface area contributed by atoms with E-state index < -0.39 is 17.7 Å². The summed E-state index contributed by atoms with van der Waals surface area (Å²) in [6.07, 6.45) is 1.58. The van der Waals surface area contributed by atoms with Crippen LogP contribution in [0.1, 0.15) is 30.0 Å². The molecule has 4 rings (SSSR count). The van der Waals surface area contributed by atoms with Crippen molar-refractivity contribution in [2.45, 2.75) is 25.0 Å². The highest BCUT2D eigenvalue weighted by molar-refractivity contribution is 6.47. The Morgan fingerprint density at radius 1 is 1.10 bits per heavy atom. The summed E-state index contributed by atoms with van der Waals surface area (Å²) in [6, 6.07) is 12.7. The van der Waals surface area contributed by atoms with E-state index in [1.165, 1.54) is 4.90 Å². The molecule has 150 valence electrons. The van der Waals surface area contributed by atoms with Gasteiger partial charge in [-0.2, -0.15) is 0 Å². The van der Waals surface area contributed by atoms with Crippen molar-refractivity contribution < 1.29 is 19.4 Å². The summed E-state index contributed by atoms with van der Waals surface area (Å²) in [6.45, 7) is 0.897. The first-order valence-electron chi connectivity index (χ1n) is 9.37. The lowest BCUT2D eigenvalue weighted by atomic mass is 9.95. The Labute approximate surface area is 178 Å². The highest BCUT2D eigenvalue weighted by Gasteiger charge is 2.47. The largest absolute Gasteiger partial charge is 0.507 e. The average molecular weight is 432 g/mol. The van der Waals surface area contributed by atoms with Crippen LogP contribution in [0.4, 0.5) is 0 Å². The molecule has 0 bridgehead atoms. The molecule has 2 aromatic carbocycles. The highest BCUT2D eigenvalue weighted by Crippen LogP contribution is 2.42. The first-order valence-corrected chi connectivity index (χ1v) is 10.1. The zero-order valence-corrected chi connectivity index (χ0v) is 17.0. The van der Waals surface area contributed by atoms with Gasteiger partial charge in [0.05, 0.1) is 17.7 Å². The zero-order chi connectivity index (χ0) is 20.5. The van der Waals surface area contributed by atoms with Gasteiger partial charge in [-0.1, -0.05) is 41.4 Å². The van der Waals surface area contributed by atoms with Gasteiger partial charge in [0.1, 0.15) is 5.76 Å². The number of likely N-dealkylation sites (tertiary alicyclic amines) is 1. The van der Waals surface area contributed by atoms with Crippen molar-refractivity contribution in [2.24, 2.45) is 0 Å². The monoisotopic (exact) mass is 431 g/mol. The number of benzene rings is 2. The highest BCUT2D eigenvalue weighted by atomic mass is 35.5. The third-order valence-corrected chi connectivity index (χ3v) is 5.88. The number of amides is 1. The van der Waals surface area contributed by atoms with Crippen molar-refractivity contribution in [1.29, 1.82) is 0 Å². The fourth-order valence-electron chi connectivity index (χ4n) is 3.86. The lowest BCUT2D eigenvalue weighted by molar-refractivity contribution is -0.140. The molecule has 7 heteroatoms. The van der Waals surface area contributed by atoms with E-state index in [9.17, 15) is 14.7 Å². The van der Waals surface area contributed by atoms with Crippen LogP contribution in [0.15, 0.2) is 54.1 Å². The summed E-state index contributed by atoms with van der Waals surface area (Å²) in [5.41, 5.74) is 1.01. The SMILES string of the molecule is O=C1C(=O)N(C[C@H]2CCCO2)[C@@H](c2ccccc2Cl)/C1=C(\O)c1ccc(Cl)cc1. The van der Waals surface area contributed by atoms with Crippen molar-refractivity contribution in [3.05, 3.63) is 75.3 Å². The van der Waals surface area contributed by atoms with Crippen LogP contribution < -0.4 is 0 Å². The fraction of sp³-hybridized carbons (Fsp3) is 0.273. The quantitative estimate of drug-likeness (QED) is 0.436. The van der Waals surface area contributed by atoms with Gasteiger partial charge < -0.3 is 14.7 Å². The molecule has 1 N–H and O–H groups in total. The standard InChI is InChI=1S/C22H19Cl2NO4/c23-14-9-7-13(8-10-14)20(26)18-19(16-5-1-2-6-17(16)24)25(22(28)21(18)27)12-15-4-3-11-29-15/h1-2,5-10,15,19,26H,3-4,11-12H2/b20-18+/t15-,19+/m1/s1. The molecule has 2 aliphatic heterocycles. The minimum Gasteiger partial charge on any atom is -0.507 e. The molecule has 0 radical (unpaired) electrons. The van der Waals surface area contributed by atoms with E-state index in [0.717, 1.165) is 12.8 Å². The van der Waals surface area contributed by atoms with Gasteiger partial charge in [0.15, 0.2) is 0 Å². The van der Waals surface area contributed by atoms with Crippen LogP contribution >= 0.6 is 23.2 Å². The smallest absolute Gasteiger partial charge is 0.295 e. The molecule has 0 saturated carbocycles. The third-order valence-electron chi connectivity index (χ3n) is 5.28. The summed E-state index contributed by atoms with van der Waals surface area (Å²) in [5.74, 6) is -1.65. The molecule has 0 aromatic heterocycles. The summed E-state index contributed by atoms with van der Waals surface area (Å²) < 4.78 is 5.68. The summed E-state index contributed by atoms with van der Waals surface area (Å²) in [4.78, 5) is 27.3. The number of ether oxygens (including phenoxy) is 1. The number of hydrogen-bond donors (Lipinski definition) is 1. The first-order chi connectivity index (χ1) is 14.0. The molecule has 29 heavy (non-hydrogen) atoms. The number of Topliss-reactive ketones (excluding diaryl/α,β-unsaturated/α-hetero) is 1. The average Bonchev–Trinajstić information content (AvgIpc) is 3.31. The maximum atomic E-state index is 12.9. The number of carbonyl (C=O) groups excluding carboxylic acids is 2. The summed E-state index contributed by atoms with van der Waals surface area (Å²) >= 11 is 12.3. The Morgan fingerprint density at radius 3 is 2.48 bits per heavy atom. The first kappa shape index (κ1) is 20.0. The molecule has 2 fully saturated rings. The van der Waals surface area contributed by atoms with Gasteiger partial charge >= 0.3 is 0 Å². The Morgan fingerprint density at radius 2 is 1.83 bits per heavy atom. The Bertz CT molecular complexity index is 981. The van der Waals surface area contributed by atoms with Gasteiger partial charge in [-0.25, -0.2) is 0 Å².